The summed E-state index contributed by atoms with van der Waals surface area (Å²) in [4.78, 5) is 0. The van der Waals surface area contributed by atoms with Crippen LogP contribution in [0, 0.1) is 0 Å². The molecule has 3 rings (SSSR count). The van der Waals surface area contributed by atoms with Gasteiger partial charge in [0.25, 0.3) is 0 Å². The molecule has 0 spiro atoms. The first-order valence-electron chi connectivity index (χ1n) is 7.51. The van der Waals surface area contributed by atoms with Gasteiger partial charge in [-0.2, -0.15) is 0 Å². The van der Waals surface area contributed by atoms with Crippen molar-refractivity contribution in [3.8, 4) is 11.3 Å². The Morgan fingerprint density at radius 1 is 0.957 bits per heavy atom. The van der Waals surface area contributed by atoms with Gasteiger partial charge in [0.15, 0.2) is 0 Å². The van der Waals surface area contributed by atoms with Crippen LogP contribution in [0.3, 0.4) is 0 Å². The van der Waals surface area contributed by atoms with Crippen molar-refractivity contribution < 1.29 is 9.52 Å². The second kappa shape index (κ2) is 7.47. The van der Waals surface area contributed by atoms with E-state index in [1.165, 1.54) is 0 Å². The molecule has 0 fully saturated rings. The number of hydrogen-bond acceptors (Lipinski definition) is 3. The summed E-state index contributed by atoms with van der Waals surface area (Å²) in [6.45, 7) is 1.04. The molecule has 4 heteroatoms. The number of aliphatic hydroxyl groups excluding tert-OH is 1. The zero-order valence-corrected chi connectivity index (χ0v) is 13.3. The largest absolute Gasteiger partial charge is 0.460 e. The van der Waals surface area contributed by atoms with Gasteiger partial charge in [0.2, 0.25) is 0 Å². The number of nitrogens with one attached hydrogen (secondary N) is 1. The van der Waals surface area contributed by atoms with Gasteiger partial charge in [-0.1, -0.05) is 41.9 Å². The number of benzene rings is 2. The average Bonchev–Trinajstić information content (AvgIpc) is 3.05. The fraction of sp³-hybridized carbons (Fsp3) is 0.158. The summed E-state index contributed by atoms with van der Waals surface area (Å²) in [5.41, 5.74) is 1.89. The fourth-order valence-electron chi connectivity index (χ4n) is 2.37. The molecule has 0 aliphatic rings. The van der Waals surface area contributed by atoms with E-state index in [2.05, 4.69) is 5.32 Å². The molecular weight excluding hydrogens is 310 g/mol. The van der Waals surface area contributed by atoms with Crippen molar-refractivity contribution >= 4 is 11.6 Å². The van der Waals surface area contributed by atoms with Crippen molar-refractivity contribution in [1.82, 2.24) is 5.32 Å². The third-order valence-electron chi connectivity index (χ3n) is 3.61. The predicted molar refractivity (Wildman–Crippen MR) is 92.3 cm³/mol. The Kier molecular flexibility index (Phi) is 5.13. The Balaban J connectivity index is 1.54. The fourth-order valence-corrected chi connectivity index (χ4v) is 2.49. The van der Waals surface area contributed by atoms with Gasteiger partial charge in [-0.25, -0.2) is 0 Å². The highest BCUT2D eigenvalue weighted by Crippen LogP contribution is 2.23. The highest BCUT2D eigenvalue weighted by molar-refractivity contribution is 6.30. The van der Waals surface area contributed by atoms with Crippen LogP contribution in [-0.4, -0.2) is 11.7 Å². The van der Waals surface area contributed by atoms with Gasteiger partial charge in [-0.15, -0.1) is 0 Å². The number of rotatable bonds is 6. The van der Waals surface area contributed by atoms with E-state index in [0.29, 0.717) is 18.1 Å². The highest BCUT2D eigenvalue weighted by atomic mass is 35.5. The molecule has 1 heterocycles. The molecule has 1 aromatic heterocycles. The zero-order chi connectivity index (χ0) is 16.1. The van der Waals surface area contributed by atoms with Crippen molar-refractivity contribution in [3.05, 3.63) is 83.1 Å². The number of hydrogen-bond donors (Lipinski definition) is 2. The second-order valence-electron chi connectivity index (χ2n) is 5.33. The Labute approximate surface area is 140 Å². The Morgan fingerprint density at radius 2 is 1.70 bits per heavy atom. The monoisotopic (exact) mass is 327 g/mol. The van der Waals surface area contributed by atoms with Crippen molar-refractivity contribution in [1.29, 1.82) is 0 Å². The molecular formula is C19H18ClNO2. The normalized spacial score (nSPS) is 12.3. The molecule has 0 saturated carbocycles. The molecule has 0 aliphatic heterocycles. The molecule has 3 nitrogen and oxygen atoms in total. The second-order valence-corrected chi connectivity index (χ2v) is 5.77. The van der Waals surface area contributed by atoms with Crippen LogP contribution in [0.2, 0.25) is 5.02 Å². The summed E-state index contributed by atoms with van der Waals surface area (Å²) in [5.74, 6) is 1.64. The van der Waals surface area contributed by atoms with Gasteiger partial charge in [0, 0.05) is 17.1 Å². The summed E-state index contributed by atoms with van der Waals surface area (Å²) < 4.78 is 5.81. The van der Waals surface area contributed by atoms with Crippen LogP contribution in [0.15, 0.2) is 71.1 Å². The third kappa shape index (κ3) is 4.23. The molecule has 1 atom stereocenters. The van der Waals surface area contributed by atoms with Crippen molar-refractivity contribution in [2.75, 3.05) is 6.54 Å². The van der Waals surface area contributed by atoms with Crippen LogP contribution >= 0.6 is 11.6 Å². The third-order valence-corrected chi connectivity index (χ3v) is 3.86. The number of furan rings is 1. The standard InChI is InChI=1S/C19H18ClNO2/c20-16-8-6-15(7-9-16)19-11-10-17(23-19)12-21-13-18(22)14-4-2-1-3-5-14/h1-11,18,21-22H,12-13H2/t18-/m0/s1. The first-order valence-corrected chi connectivity index (χ1v) is 7.88. The lowest BCUT2D eigenvalue weighted by Crippen LogP contribution is -2.20. The first kappa shape index (κ1) is 15.8. The van der Waals surface area contributed by atoms with E-state index in [9.17, 15) is 5.11 Å². The number of aliphatic hydroxyl groups is 1. The van der Waals surface area contributed by atoms with E-state index in [0.717, 1.165) is 22.6 Å². The SMILES string of the molecule is O[C@@H](CNCc1ccc(-c2ccc(Cl)cc2)o1)c1ccccc1. The maximum absolute atomic E-state index is 10.1. The van der Waals surface area contributed by atoms with Gasteiger partial charge in [0.1, 0.15) is 11.5 Å². The van der Waals surface area contributed by atoms with E-state index in [-0.39, 0.29) is 0 Å². The minimum atomic E-state index is -0.526. The van der Waals surface area contributed by atoms with Gasteiger partial charge in [-0.05, 0) is 42.0 Å². The van der Waals surface area contributed by atoms with Crippen molar-refractivity contribution in [3.63, 3.8) is 0 Å². The molecule has 0 saturated heterocycles. The first-order chi connectivity index (χ1) is 11.2. The lowest BCUT2D eigenvalue weighted by atomic mass is 10.1. The van der Waals surface area contributed by atoms with E-state index < -0.39 is 6.10 Å². The molecule has 23 heavy (non-hydrogen) atoms. The smallest absolute Gasteiger partial charge is 0.134 e. The zero-order valence-electron chi connectivity index (χ0n) is 12.6. The quantitative estimate of drug-likeness (QED) is 0.704. The maximum Gasteiger partial charge on any atom is 0.134 e. The number of halogens is 1. The van der Waals surface area contributed by atoms with E-state index in [4.69, 9.17) is 16.0 Å². The van der Waals surface area contributed by atoms with Crippen LogP contribution in [0.4, 0.5) is 0 Å². The topological polar surface area (TPSA) is 45.4 Å². The van der Waals surface area contributed by atoms with Crippen LogP contribution < -0.4 is 5.32 Å². The lowest BCUT2D eigenvalue weighted by Gasteiger charge is -2.11. The predicted octanol–water partition coefficient (Wildman–Crippen LogP) is 4.42. The van der Waals surface area contributed by atoms with E-state index in [1.807, 2.05) is 66.7 Å². The molecule has 0 bridgehead atoms. The summed E-state index contributed by atoms with van der Waals surface area (Å²) in [5, 5.41) is 14.0. The average molecular weight is 328 g/mol. The molecule has 118 valence electrons. The van der Waals surface area contributed by atoms with Crippen LogP contribution in [0.25, 0.3) is 11.3 Å². The lowest BCUT2D eigenvalue weighted by molar-refractivity contribution is 0.173. The summed E-state index contributed by atoms with van der Waals surface area (Å²) >= 11 is 5.89. The van der Waals surface area contributed by atoms with Gasteiger partial charge in [0.05, 0.1) is 12.6 Å². The Hall–Kier alpha value is -2.07. The van der Waals surface area contributed by atoms with Crippen molar-refractivity contribution in [2.24, 2.45) is 0 Å². The van der Waals surface area contributed by atoms with E-state index in [1.54, 1.807) is 0 Å². The summed E-state index contributed by atoms with van der Waals surface area (Å²) in [6.07, 6.45) is -0.526. The maximum atomic E-state index is 10.1. The molecule has 0 amide bonds. The molecule has 0 unspecified atom stereocenters. The van der Waals surface area contributed by atoms with Gasteiger partial charge < -0.3 is 14.8 Å². The minimum absolute atomic E-state index is 0.473. The van der Waals surface area contributed by atoms with Gasteiger partial charge >= 0.3 is 0 Å². The van der Waals surface area contributed by atoms with Crippen molar-refractivity contribution in [2.45, 2.75) is 12.6 Å². The summed E-state index contributed by atoms with van der Waals surface area (Å²) in [6, 6.07) is 21.0. The van der Waals surface area contributed by atoms with E-state index >= 15 is 0 Å². The molecule has 2 aromatic carbocycles. The highest BCUT2D eigenvalue weighted by Gasteiger charge is 2.08. The summed E-state index contributed by atoms with van der Waals surface area (Å²) in [7, 11) is 0. The van der Waals surface area contributed by atoms with Crippen LogP contribution in [0.1, 0.15) is 17.4 Å². The molecule has 0 radical (unpaired) electrons. The van der Waals surface area contributed by atoms with Crippen LogP contribution in [0.5, 0.6) is 0 Å². The van der Waals surface area contributed by atoms with Gasteiger partial charge in [-0.3, -0.25) is 0 Å². The molecule has 3 aromatic rings. The van der Waals surface area contributed by atoms with Crippen LogP contribution in [-0.2, 0) is 6.54 Å². The molecule has 0 aliphatic carbocycles. The Bertz CT molecular complexity index is 738. The Morgan fingerprint density at radius 3 is 2.43 bits per heavy atom. The molecule has 2 N–H and O–H groups in total. The minimum Gasteiger partial charge on any atom is -0.460 e.